The predicted octanol–water partition coefficient (Wildman–Crippen LogP) is 1.33. The fourth-order valence-corrected chi connectivity index (χ4v) is 3.36. The van der Waals surface area contributed by atoms with Gasteiger partial charge in [-0.3, -0.25) is 19.6 Å². The summed E-state index contributed by atoms with van der Waals surface area (Å²) >= 11 is 7.72. The number of hydrogen-bond donors (Lipinski definition) is 0. The van der Waals surface area contributed by atoms with Crippen LogP contribution in [-0.4, -0.2) is 85.1 Å². The Morgan fingerprint density at radius 2 is 0.625 bits per heavy atom. The molecule has 0 atom stereocenters. The largest absolute Gasteiger partial charge is 0.279 e. The monoisotopic (exact) mass is 358 g/mol. The van der Waals surface area contributed by atoms with Crippen molar-refractivity contribution in [1.82, 2.24) is 19.6 Å². The van der Waals surface area contributed by atoms with Crippen LogP contribution in [0.1, 0.15) is 0 Å². The summed E-state index contributed by atoms with van der Waals surface area (Å²) in [7, 11) is 16.4. The maximum atomic E-state index is 3.86. The van der Waals surface area contributed by atoms with Gasteiger partial charge in [-0.15, -0.1) is 0 Å². The van der Waals surface area contributed by atoms with Crippen LogP contribution in [0.3, 0.4) is 0 Å². The van der Waals surface area contributed by atoms with Crippen molar-refractivity contribution in [1.29, 1.82) is 0 Å². The van der Waals surface area contributed by atoms with Gasteiger partial charge in [0.2, 0.25) is 0 Å². The molecule has 6 heteroatoms. The third kappa shape index (κ3) is 2.47. The summed E-state index contributed by atoms with van der Waals surface area (Å²) in [6.07, 6.45) is 0. The van der Waals surface area contributed by atoms with Crippen molar-refractivity contribution >= 4 is 31.9 Å². The van der Waals surface area contributed by atoms with Gasteiger partial charge in [-0.2, -0.15) is 0 Å². The smallest absolute Gasteiger partial charge is 0.173 e. The third-order valence-electron chi connectivity index (χ3n) is 2.78. The van der Waals surface area contributed by atoms with Gasteiger partial charge in [0, 0.05) is 0 Å². The number of halogens is 2. The Bertz CT molecular complexity index is 189. The molecule has 98 valence electrons. The summed E-state index contributed by atoms with van der Waals surface area (Å²) < 4.78 is -0.708. The first-order valence-corrected chi connectivity index (χ1v) is 6.69. The lowest BCUT2D eigenvalue weighted by Gasteiger charge is -2.56. The van der Waals surface area contributed by atoms with Crippen molar-refractivity contribution in [2.24, 2.45) is 0 Å². The van der Waals surface area contributed by atoms with Crippen LogP contribution in [0.15, 0.2) is 0 Å². The van der Waals surface area contributed by atoms with E-state index >= 15 is 0 Å². The molecule has 0 aromatic carbocycles. The summed E-state index contributed by atoms with van der Waals surface area (Å²) in [6, 6.07) is 0. The highest BCUT2D eigenvalue weighted by Crippen LogP contribution is 2.44. The molecule has 0 aromatic rings. The van der Waals surface area contributed by atoms with E-state index in [1.807, 2.05) is 0 Å². The Labute approximate surface area is 117 Å². The lowest BCUT2D eigenvalue weighted by Crippen LogP contribution is -2.72. The van der Waals surface area contributed by atoms with E-state index in [2.05, 4.69) is 108 Å². The fraction of sp³-hybridized carbons (Fsp3) is 1.00. The molecule has 0 radical (unpaired) electrons. The van der Waals surface area contributed by atoms with E-state index in [1.165, 1.54) is 0 Å². The number of hydrogen-bond acceptors (Lipinski definition) is 4. The van der Waals surface area contributed by atoms with Crippen molar-refractivity contribution < 1.29 is 0 Å². The van der Waals surface area contributed by atoms with Crippen LogP contribution in [0.4, 0.5) is 0 Å². The van der Waals surface area contributed by atoms with Crippen LogP contribution in [-0.2, 0) is 0 Å². The van der Waals surface area contributed by atoms with Gasteiger partial charge in [-0.1, -0.05) is 0 Å². The summed E-state index contributed by atoms with van der Waals surface area (Å²) in [4.78, 5) is 8.56. The molecule has 0 aliphatic heterocycles. The second kappa shape index (κ2) is 5.63. The van der Waals surface area contributed by atoms with E-state index in [4.69, 9.17) is 0 Å². The van der Waals surface area contributed by atoms with Crippen LogP contribution >= 0.6 is 31.9 Å². The average molecular weight is 360 g/mol. The number of rotatable bonds is 5. The predicted molar refractivity (Wildman–Crippen MR) is 78.1 cm³/mol. The minimum absolute atomic E-state index is 0.354. The molecule has 0 heterocycles. The first-order chi connectivity index (χ1) is 7.02. The molecule has 0 saturated heterocycles. The van der Waals surface area contributed by atoms with Gasteiger partial charge in [0.05, 0.1) is 0 Å². The molecular weight excluding hydrogens is 336 g/mol. The molecule has 0 saturated carbocycles. The van der Waals surface area contributed by atoms with E-state index in [1.54, 1.807) is 0 Å². The van der Waals surface area contributed by atoms with Gasteiger partial charge in [-0.25, -0.2) is 0 Å². The highest BCUT2D eigenvalue weighted by atomic mass is 79.9. The lowest BCUT2D eigenvalue weighted by atomic mass is 10.2. The molecule has 0 spiro atoms. The van der Waals surface area contributed by atoms with Gasteiger partial charge in [-0.05, 0) is 88.2 Å². The summed E-state index contributed by atoms with van der Waals surface area (Å²) in [5, 5.41) is 0. The van der Waals surface area contributed by atoms with E-state index in [0.717, 1.165) is 0 Å². The molecular formula is C10H24Br2N4. The van der Waals surface area contributed by atoms with E-state index < -0.39 is 0 Å². The molecule has 0 unspecified atom stereocenters. The Morgan fingerprint density at radius 1 is 0.500 bits per heavy atom. The van der Waals surface area contributed by atoms with Gasteiger partial charge >= 0.3 is 0 Å². The zero-order chi connectivity index (χ0) is 13.3. The Morgan fingerprint density at radius 3 is 0.688 bits per heavy atom. The number of nitrogens with zero attached hydrogens (tertiary/aromatic N) is 4. The van der Waals surface area contributed by atoms with Gasteiger partial charge in [0.15, 0.2) is 9.14 Å². The SMILES string of the molecule is CN(C)C(Br)(N(C)C)C(Br)(N(C)C)N(C)C. The highest BCUT2D eigenvalue weighted by Gasteiger charge is 2.55. The van der Waals surface area contributed by atoms with Crippen LogP contribution < -0.4 is 0 Å². The summed E-state index contributed by atoms with van der Waals surface area (Å²) in [6.45, 7) is 0. The average Bonchev–Trinajstić information content (AvgIpc) is 2.13. The van der Waals surface area contributed by atoms with Crippen LogP contribution in [0.2, 0.25) is 0 Å². The van der Waals surface area contributed by atoms with Crippen molar-refractivity contribution in [3.05, 3.63) is 0 Å². The van der Waals surface area contributed by atoms with Gasteiger partial charge < -0.3 is 0 Å². The first-order valence-electron chi connectivity index (χ1n) is 5.10. The van der Waals surface area contributed by atoms with Crippen LogP contribution in [0.5, 0.6) is 0 Å². The minimum atomic E-state index is -0.354. The standard InChI is InChI=1S/C10H24Br2N4/c1-13(2)9(11,14(3)4)10(12,15(5)6)16(7)8/h1-8H3. The molecule has 0 fully saturated rings. The Balaban J connectivity index is 5.64. The maximum Gasteiger partial charge on any atom is 0.173 e. The lowest BCUT2D eigenvalue weighted by molar-refractivity contribution is -0.0600. The number of likely N-dealkylation sites (N-methyl/N-ethyl adjacent to an activating group) is 4. The summed E-state index contributed by atoms with van der Waals surface area (Å²) in [5.74, 6) is 0. The van der Waals surface area contributed by atoms with Gasteiger partial charge in [0.1, 0.15) is 0 Å². The van der Waals surface area contributed by atoms with Crippen LogP contribution in [0.25, 0.3) is 0 Å². The quantitative estimate of drug-likeness (QED) is 0.417. The number of alkyl halides is 2. The topological polar surface area (TPSA) is 13.0 Å². The molecule has 0 bridgehead atoms. The van der Waals surface area contributed by atoms with Crippen molar-refractivity contribution in [2.45, 2.75) is 9.14 Å². The molecule has 0 rings (SSSR count). The van der Waals surface area contributed by atoms with Crippen LogP contribution in [0, 0.1) is 0 Å². The highest BCUT2D eigenvalue weighted by molar-refractivity contribution is 9.12. The van der Waals surface area contributed by atoms with Crippen molar-refractivity contribution in [3.63, 3.8) is 0 Å². The Hall–Kier alpha value is 0.800. The zero-order valence-corrected chi connectivity index (χ0v) is 14.7. The van der Waals surface area contributed by atoms with E-state index in [9.17, 15) is 0 Å². The molecule has 0 aliphatic carbocycles. The van der Waals surface area contributed by atoms with E-state index in [0.29, 0.717) is 0 Å². The molecule has 0 amide bonds. The second-order valence-corrected chi connectivity index (χ2v) is 6.96. The van der Waals surface area contributed by atoms with Crippen molar-refractivity contribution in [2.75, 3.05) is 56.4 Å². The summed E-state index contributed by atoms with van der Waals surface area (Å²) in [5.41, 5.74) is 0. The Kier molecular flexibility index (Phi) is 5.91. The normalized spacial score (nSPS) is 14.6. The van der Waals surface area contributed by atoms with Gasteiger partial charge in [0.25, 0.3) is 0 Å². The maximum absolute atomic E-state index is 3.86. The minimum Gasteiger partial charge on any atom is -0.279 e. The molecule has 0 aliphatic rings. The molecule has 16 heavy (non-hydrogen) atoms. The second-order valence-electron chi connectivity index (χ2n) is 4.75. The fourth-order valence-electron chi connectivity index (χ4n) is 1.94. The third-order valence-corrected chi connectivity index (χ3v) is 7.25. The first kappa shape index (κ1) is 16.8. The van der Waals surface area contributed by atoms with Crippen molar-refractivity contribution in [3.8, 4) is 0 Å². The van der Waals surface area contributed by atoms with E-state index in [-0.39, 0.29) is 9.14 Å². The zero-order valence-electron chi connectivity index (χ0n) is 11.5. The molecule has 0 aromatic heterocycles. The molecule has 4 nitrogen and oxygen atoms in total. The molecule has 0 N–H and O–H groups in total.